The van der Waals surface area contributed by atoms with Gasteiger partial charge in [0.25, 0.3) is 0 Å². The molecule has 0 atom stereocenters. The zero-order valence-corrected chi connectivity index (χ0v) is 21.4. The molecule has 0 saturated carbocycles. The van der Waals surface area contributed by atoms with Gasteiger partial charge in [-0.1, -0.05) is 6.92 Å². The van der Waals surface area contributed by atoms with Crippen molar-refractivity contribution in [3.63, 3.8) is 0 Å². The Kier molecular flexibility index (Phi) is 9.78. The van der Waals surface area contributed by atoms with E-state index in [1.54, 1.807) is 0 Å². The van der Waals surface area contributed by atoms with E-state index in [1.807, 2.05) is 0 Å². The molecule has 0 amide bonds. The van der Waals surface area contributed by atoms with Crippen molar-refractivity contribution in [2.45, 2.75) is 24.4 Å². The lowest BCUT2D eigenvalue weighted by atomic mass is 10.1. The second-order valence-corrected chi connectivity index (χ2v) is 9.43. The highest BCUT2D eigenvalue weighted by Gasteiger charge is 2.33. The Morgan fingerprint density at radius 2 is 1.54 bits per heavy atom. The van der Waals surface area contributed by atoms with E-state index in [-0.39, 0.29) is 39.0 Å². The number of rotatable bonds is 8. The van der Waals surface area contributed by atoms with Crippen LogP contribution in [0.15, 0.2) is 35.5 Å². The number of carbonyl (C=O) groups excluding carboxylic acids is 1. The van der Waals surface area contributed by atoms with Gasteiger partial charge in [0.1, 0.15) is 12.1 Å². The minimum Gasteiger partial charge on any atom is -0.493 e. The number of hydrogen-bond acceptors (Lipinski definition) is 10. The molecule has 0 fully saturated rings. The first-order chi connectivity index (χ1) is 18.1. The van der Waals surface area contributed by atoms with E-state index in [1.165, 1.54) is 40.6 Å². The summed E-state index contributed by atoms with van der Waals surface area (Å²) >= 11 is 0. The Morgan fingerprint density at radius 3 is 2.03 bits per heavy atom. The number of aromatic nitrogens is 2. The van der Waals surface area contributed by atoms with E-state index < -0.39 is 34.4 Å². The second-order valence-electron chi connectivity index (χ2n) is 7.16. The highest BCUT2D eigenvalue weighted by Crippen LogP contribution is 2.46. The minimum absolute atomic E-state index is 0.0240. The molecule has 1 aromatic heterocycles. The van der Waals surface area contributed by atoms with Gasteiger partial charge in [-0.2, -0.15) is 13.2 Å². The molecular formula is C22H21F6N3O7S. The lowest BCUT2D eigenvalue weighted by Gasteiger charge is -2.18. The number of benzene rings is 2. The summed E-state index contributed by atoms with van der Waals surface area (Å²) in [6.07, 6.45) is -9.54. The molecule has 1 N–H and O–H groups in total. The van der Waals surface area contributed by atoms with Crippen molar-refractivity contribution in [3.05, 3.63) is 30.6 Å². The molecule has 1 heterocycles. The van der Waals surface area contributed by atoms with E-state index in [9.17, 15) is 34.8 Å². The van der Waals surface area contributed by atoms with Crippen LogP contribution in [0.3, 0.4) is 0 Å². The normalized spacial score (nSPS) is 11.7. The van der Waals surface area contributed by atoms with Gasteiger partial charge < -0.3 is 24.3 Å². The summed E-state index contributed by atoms with van der Waals surface area (Å²) in [6, 6.07) is 4.54. The molecule has 3 rings (SSSR count). The fourth-order valence-corrected chi connectivity index (χ4v) is 4.00. The fraction of sp³-hybridized carbons (Fsp3) is 0.318. The number of aldehydes is 1. The van der Waals surface area contributed by atoms with Crippen LogP contribution in [0.5, 0.6) is 23.0 Å². The first-order valence-electron chi connectivity index (χ1n) is 10.5. The van der Waals surface area contributed by atoms with Crippen LogP contribution in [-0.4, -0.2) is 64.3 Å². The Balaban J connectivity index is 0.000000798. The Labute approximate surface area is 217 Å². The van der Waals surface area contributed by atoms with E-state index in [0.717, 1.165) is 18.2 Å². The van der Waals surface area contributed by atoms with E-state index in [2.05, 4.69) is 20.0 Å². The van der Waals surface area contributed by atoms with Crippen LogP contribution >= 0.6 is 0 Å². The van der Waals surface area contributed by atoms with Crippen LogP contribution in [0.2, 0.25) is 0 Å². The standard InChI is InChI=1S/C20H20F3N3O6S.C2HF3O/c1-5-33(27,28)11-6-7-14(32-20(21,22)23)12(8-11)26-19-16-13(24-10-25-19)9-15(29-2)17(30-3)18(16)31-4;3-2(4,5)1-6/h6-10H,5H2,1-4H3,(H,24,25,26);1H. The second kappa shape index (κ2) is 12.2. The number of nitrogens with one attached hydrogen (secondary N) is 1. The molecule has 0 unspecified atom stereocenters. The van der Waals surface area contributed by atoms with Crippen LogP contribution in [0, 0.1) is 0 Å². The van der Waals surface area contributed by atoms with Crippen LogP contribution in [0.4, 0.5) is 37.8 Å². The van der Waals surface area contributed by atoms with Crippen LogP contribution in [0.25, 0.3) is 10.9 Å². The summed E-state index contributed by atoms with van der Waals surface area (Å²) in [6.45, 7) is 1.42. The number of hydrogen-bond donors (Lipinski definition) is 1. The van der Waals surface area contributed by atoms with Crippen molar-refractivity contribution in [2.24, 2.45) is 0 Å². The molecule has 214 valence electrons. The summed E-state index contributed by atoms with van der Waals surface area (Å²) in [7, 11) is 0.449. The van der Waals surface area contributed by atoms with Gasteiger partial charge in [0.15, 0.2) is 27.1 Å². The molecule has 0 spiro atoms. The van der Waals surface area contributed by atoms with Gasteiger partial charge in [-0.15, -0.1) is 13.2 Å². The van der Waals surface area contributed by atoms with E-state index >= 15 is 0 Å². The number of anilines is 2. The van der Waals surface area contributed by atoms with E-state index in [4.69, 9.17) is 19.0 Å². The highest BCUT2D eigenvalue weighted by molar-refractivity contribution is 7.91. The van der Waals surface area contributed by atoms with E-state index in [0.29, 0.717) is 11.3 Å². The molecule has 10 nitrogen and oxygen atoms in total. The van der Waals surface area contributed by atoms with Crippen molar-refractivity contribution in [3.8, 4) is 23.0 Å². The first-order valence-corrected chi connectivity index (χ1v) is 12.1. The summed E-state index contributed by atoms with van der Waals surface area (Å²) < 4.78 is 115. The number of sulfone groups is 1. The summed E-state index contributed by atoms with van der Waals surface area (Å²) in [5.74, 6) is -0.194. The molecule has 0 aliphatic carbocycles. The molecule has 0 bridgehead atoms. The zero-order valence-electron chi connectivity index (χ0n) is 20.6. The monoisotopic (exact) mass is 585 g/mol. The highest BCUT2D eigenvalue weighted by atomic mass is 32.2. The summed E-state index contributed by atoms with van der Waals surface area (Å²) in [5, 5.41) is 2.98. The topological polar surface area (TPSA) is 126 Å². The van der Waals surface area contributed by atoms with Crippen LogP contribution in [-0.2, 0) is 14.6 Å². The van der Waals surface area contributed by atoms with Crippen molar-refractivity contribution in [1.82, 2.24) is 9.97 Å². The number of fused-ring (bicyclic) bond motifs is 1. The molecule has 39 heavy (non-hydrogen) atoms. The Hall–Kier alpha value is -4.02. The molecule has 2 aromatic carbocycles. The lowest BCUT2D eigenvalue weighted by Crippen LogP contribution is -2.18. The molecule has 0 aliphatic heterocycles. The van der Waals surface area contributed by atoms with Gasteiger partial charge in [-0.25, -0.2) is 18.4 Å². The Bertz CT molecular complexity index is 1430. The third-order valence-corrected chi connectivity index (χ3v) is 6.46. The average Bonchev–Trinajstić information content (AvgIpc) is 2.87. The molecule has 0 aliphatic rings. The molecule has 0 saturated heterocycles. The summed E-state index contributed by atoms with van der Waals surface area (Å²) in [4.78, 5) is 16.8. The number of nitrogens with zero attached hydrogens (tertiary/aromatic N) is 2. The van der Waals surface area contributed by atoms with Gasteiger partial charge in [-0.3, -0.25) is 4.79 Å². The number of halogens is 6. The average molecular weight is 585 g/mol. The van der Waals surface area contributed by atoms with Gasteiger partial charge in [0.05, 0.1) is 48.6 Å². The predicted molar refractivity (Wildman–Crippen MR) is 125 cm³/mol. The van der Waals surface area contributed by atoms with Crippen molar-refractivity contribution >= 4 is 38.5 Å². The molecule has 17 heteroatoms. The summed E-state index contributed by atoms with van der Waals surface area (Å²) in [5.41, 5.74) is 0.0521. The van der Waals surface area contributed by atoms with Crippen LogP contribution < -0.4 is 24.3 Å². The van der Waals surface area contributed by atoms with Crippen molar-refractivity contribution in [2.75, 3.05) is 32.4 Å². The van der Waals surface area contributed by atoms with Gasteiger partial charge >= 0.3 is 12.5 Å². The SMILES string of the molecule is CCS(=O)(=O)c1ccc(OC(F)(F)F)c(Nc2ncnc3cc(OC)c(OC)c(OC)c23)c1.O=CC(F)(F)F. The van der Waals surface area contributed by atoms with Gasteiger partial charge in [0.2, 0.25) is 12.0 Å². The third-order valence-electron chi connectivity index (χ3n) is 4.73. The zero-order chi connectivity index (χ0) is 29.6. The number of carbonyl (C=O) groups is 1. The predicted octanol–water partition coefficient (Wildman–Crippen LogP) is 4.84. The molecule has 3 aromatic rings. The minimum atomic E-state index is -5.01. The maximum atomic E-state index is 13.0. The molecular weight excluding hydrogens is 564 g/mol. The number of alkyl halides is 6. The van der Waals surface area contributed by atoms with Gasteiger partial charge in [0, 0.05) is 6.07 Å². The van der Waals surface area contributed by atoms with Gasteiger partial charge in [-0.05, 0) is 18.2 Å². The largest absolute Gasteiger partial charge is 0.573 e. The van der Waals surface area contributed by atoms with Crippen molar-refractivity contribution in [1.29, 1.82) is 0 Å². The Morgan fingerprint density at radius 1 is 0.923 bits per heavy atom. The molecule has 0 radical (unpaired) electrons. The number of methoxy groups -OCH3 is 3. The quantitative estimate of drug-likeness (QED) is 0.290. The first kappa shape index (κ1) is 31.2. The number of ether oxygens (including phenoxy) is 4. The smallest absolute Gasteiger partial charge is 0.493 e. The third kappa shape index (κ3) is 7.98. The maximum Gasteiger partial charge on any atom is 0.573 e. The van der Waals surface area contributed by atoms with Crippen molar-refractivity contribution < 1.29 is 58.5 Å². The van der Waals surface area contributed by atoms with Crippen LogP contribution in [0.1, 0.15) is 6.92 Å². The lowest BCUT2D eigenvalue weighted by molar-refractivity contribution is -0.274. The fourth-order valence-electron chi connectivity index (χ4n) is 3.09. The maximum absolute atomic E-state index is 13.0.